The molecule has 1 rings (SSSR count). The zero-order chi connectivity index (χ0) is 5.82. The zero-order valence-corrected chi connectivity index (χ0v) is 5.13. The molecular formula is C6H11NO. The van der Waals surface area contributed by atoms with Crippen molar-refractivity contribution in [3.05, 3.63) is 0 Å². The molecule has 0 aromatic carbocycles. The van der Waals surface area contributed by atoms with Crippen LogP contribution in [-0.2, 0) is 4.84 Å². The maximum atomic E-state index is 4.96. The Morgan fingerprint density at radius 3 is 3.25 bits per heavy atom. The van der Waals surface area contributed by atoms with Gasteiger partial charge >= 0.3 is 0 Å². The van der Waals surface area contributed by atoms with Crippen molar-refractivity contribution >= 4 is 6.21 Å². The average molecular weight is 113 g/mol. The van der Waals surface area contributed by atoms with E-state index in [-0.39, 0.29) is 0 Å². The standard InChI is InChI=1S/C6H11NO/c1-2-3-6-4-5-7-8-6/h5-6H,2-4H2,1H3. The van der Waals surface area contributed by atoms with E-state index in [0.29, 0.717) is 6.10 Å². The Kier molecular flexibility index (Phi) is 1.89. The van der Waals surface area contributed by atoms with Crippen LogP contribution < -0.4 is 0 Å². The van der Waals surface area contributed by atoms with Gasteiger partial charge in [-0.05, 0) is 6.42 Å². The van der Waals surface area contributed by atoms with Crippen LogP contribution in [0.2, 0.25) is 0 Å². The molecule has 0 spiro atoms. The van der Waals surface area contributed by atoms with Gasteiger partial charge in [-0.3, -0.25) is 0 Å². The van der Waals surface area contributed by atoms with Crippen LogP contribution in [0.15, 0.2) is 5.16 Å². The van der Waals surface area contributed by atoms with Gasteiger partial charge in [0.15, 0.2) is 0 Å². The van der Waals surface area contributed by atoms with Gasteiger partial charge in [-0.2, -0.15) is 0 Å². The van der Waals surface area contributed by atoms with Crippen LogP contribution in [0.1, 0.15) is 26.2 Å². The number of rotatable bonds is 2. The van der Waals surface area contributed by atoms with E-state index in [1.807, 2.05) is 6.21 Å². The highest BCUT2D eigenvalue weighted by molar-refractivity contribution is 5.58. The number of hydrogen-bond donors (Lipinski definition) is 0. The maximum absolute atomic E-state index is 4.96. The van der Waals surface area contributed by atoms with E-state index in [4.69, 9.17) is 4.84 Å². The fourth-order valence-electron chi connectivity index (χ4n) is 0.825. The molecule has 2 nitrogen and oxygen atoms in total. The summed E-state index contributed by atoms with van der Waals surface area (Å²) >= 11 is 0. The third kappa shape index (κ3) is 1.22. The smallest absolute Gasteiger partial charge is 0.132 e. The molecule has 1 aliphatic heterocycles. The van der Waals surface area contributed by atoms with Crippen molar-refractivity contribution in [2.24, 2.45) is 5.16 Å². The van der Waals surface area contributed by atoms with Gasteiger partial charge in [0, 0.05) is 12.6 Å². The van der Waals surface area contributed by atoms with E-state index < -0.39 is 0 Å². The lowest BCUT2D eigenvalue weighted by Crippen LogP contribution is -2.02. The molecule has 0 aromatic rings. The van der Waals surface area contributed by atoms with Crippen LogP contribution in [0.5, 0.6) is 0 Å². The monoisotopic (exact) mass is 113 g/mol. The van der Waals surface area contributed by atoms with Gasteiger partial charge in [0.25, 0.3) is 0 Å². The molecule has 0 bridgehead atoms. The topological polar surface area (TPSA) is 21.6 Å². The lowest BCUT2D eigenvalue weighted by molar-refractivity contribution is 0.0787. The van der Waals surface area contributed by atoms with Crippen LogP contribution in [0.3, 0.4) is 0 Å². The van der Waals surface area contributed by atoms with Crippen LogP contribution in [0.25, 0.3) is 0 Å². The summed E-state index contributed by atoms with van der Waals surface area (Å²) in [6, 6.07) is 0. The molecule has 46 valence electrons. The second-order valence-electron chi connectivity index (χ2n) is 2.04. The van der Waals surface area contributed by atoms with Gasteiger partial charge in [0.1, 0.15) is 6.10 Å². The average Bonchev–Trinajstić information content (AvgIpc) is 2.19. The van der Waals surface area contributed by atoms with Crippen LogP contribution >= 0.6 is 0 Å². The molecule has 2 heteroatoms. The van der Waals surface area contributed by atoms with Crippen molar-refractivity contribution in [1.29, 1.82) is 0 Å². The molecule has 1 heterocycles. The minimum atomic E-state index is 0.389. The largest absolute Gasteiger partial charge is 0.392 e. The van der Waals surface area contributed by atoms with E-state index in [0.717, 1.165) is 12.8 Å². The molecule has 0 amide bonds. The van der Waals surface area contributed by atoms with Crippen molar-refractivity contribution in [3.8, 4) is 0 Å². The summed E-state index contributed by atoms with van der Waals surface area (Å²) in [5.74, 6) is 0. The maximum Gasteiger partial charge on any atom is 0.132 e. The molecule has 1 aliphatic rings. The molecule has 8 heavy (non-hydrogen) atoms. The quantitative estimate of drug-likeness (QED) is 0.532. The highest BCUT2D eigenvalue weighted by Gasteiger charge is 2.10. The van der Waals surface area contributed by atoms with E-state index in [9.17, 15) is 0 Å². The zero-order valence-electron chi connectivity index (χ0n) is 5.13. The SMILES string of the molecule is CCCC1CC=NO1. The van der Waals surface area contributed by atoms with E-state index in [2.05, 4.69) is 12.1 Å². The van der Waals surface area contributed by atoms with Crippen molar-refractivity contribution in [2.45, 2.75) is 32.3 Å². The van der Waals surface area contributed by atoms with Gasteiger partial charge in [-0.15, -0.1) is 0 Å². The molecule has 0 saturated heterocycles. The molecule has 0 radical (unpaired) electrons. The minimum absolute atomic E-state index is 0.389. The summed E-state index contributed by atoms with van der Waals surface area (Å²) < 4.78 is 0. The molecule has 1 unspecified atom stereocenters. The fourth-order valence-corrected chi connectivity index (χ4v) is 0.825. The fraction of sp³-hybridized carbons (Fsp3) is 0.833. The Hall–Kier alpha value is -0.530. The number of hydrogen-bond acceptors (Lipinski definition) is 2. The molecule has 0 aromatic heterocycles. The van der Waals surface area contributed by atoms with Gasteiger partial charge in [0.05, 0.1) is 0 Å². The highest BCUT2D eigenvalue weighted by atomic mass is 16.6. The van der Waals surface area contributed by atoms with Gasteiger partial charge < -0.3 is 4.84 Å². The Labute approximate surface area is 49.5 Å². The van der Waals surface area contributed by atoms with E-state index >= 15 is 0 Å². The predicted molar refractivity (Wildman–Crippen MR) is 32.9 cm³/mol. The summed E-state index contributed by atoms with van der Waals surface area (Å²) in [6.07, 6.45) is 5.56. The Bertz CT molecular complexity index is 82.5. The second kappa shape index (κ2) is 2.70. The first-order valence-electron chi connectivity index (χ1n) is 3.11. The van der Waals surface area contributed by atoms with Crippen molar-refractivity contribution in [1.82, 2.24) is 0 Å². The Balaban J connectivity index is 2.10. The Morgan fingerprint density at radius 1 is 1.88 bits per heavy atom. The van der Waals surface area contributed by atoms with Gasteiger partial charge in [0.2, 0.25) is 0 Å². The number of oxime groups is 1. The minimum Gasteiger partial charge on any atom is -0.392 e. The second-order valence-corrected chi connectivity index (χ2v) is 2.04. The van der Waals surface area contributed by atoms with Crippen molar-refractivity contribution in [2.75, 3.05) is 0 Å². The lowest BCUT2D eigenvalue weighted by atomic mass is 10.2. The number of nitrogens with zero attached hydrogens (tertiary/aromatic N) is 1. The van der Waals surface area contributed by atoms with Crippen LogP contribution in [0, 0.1) is 0 Å². The molecular weight excluding hydrogens is 102 g/mol. The van der Waals surface area contributed by atoms with Crippen molar-refractivity contribution in [3.63, 3.8) is 0 Å². The van der Waals surface area contributed by atoms with Crippen LogP contribution in [0.4, 0.5) is 0 Å². The van der Waals surface area contributed by atoms with Crippen molar-refractivity contribution < 1.29 is 4.84 Å². The van der Waals surface area contributed by atoms with Gasteiger partial charge in [-0.25, -0.2) is 0 Å². The predicted octanol–water partition coefficient (Wildman–Crippen LogP) is 1.56. The van der Waals surface area contributed by atoms with E-state index in [1.165, 1.54) is 6.42 Å². The Morgan fingerprint density at radius 2 is 2.75 bits per heavy atom. The lowest BCUT2D eigenvalue weighted by Gasteiger charge is -2.02. The third-order valence-electron chi connectivity index (χ3n) is 1.26. The summed E-state index contributed by atoms with van der Waals surface area (Å²) in [7, 11) is 0. The summed E-state index contributed by atoms with van der Waals surface area (Å²) in [5, 5.41) is 3.66. The summed E-state index contributed by atoms with van der Waals surface area (Å²) in [4.78, 5) is 4.96. The van der Waals surface area contributed by atoms with Crippen LogP contribution in [-0.4, -0.2) is 12.3 Å². The molecule has 0 fully saturated rings. The molecule has 0 aliphatic carbocycles. The first kappa shape index (κ1) is 5.60. The van der Waals surface area contributed by atoms with E-state index in [1.54, 1.807) is 0 Å². The summed E-state index contributed by atoms with van der Waals surface area (Å²) in [5.41, 5.74) is 0. The summed E-state index contributed by atoms with van der Waals surface area (Å²) in [6.45, 7) is 2.15. The molecule has 1 atom stereocenters. The normalized spacial score (nSPS) is 25.9. The third-order valence-corrected chi connectivity index (χ3v) is 1.26. The highest BCUT2D eigenvalue weighted by Crippen LogP contribution is 2.09. The first-order chi connectivity index (χ1) is 3.93. The molecule has 0 N–H and O–H groups in total. The molecule has 0 saturated carbocycles. The first-order valence-corrected chi connectivity index (χ1v) is 3.11. The van der Waals surface area contributed by atoms with Gasteiger partial charge in [-0.1, -0.05) is 18.5 Å².